The minimum absolute atomic E-state index is 0.0464. The predicted octanol–water partition coefficient (Wildman–Crippen LogP) is 1.97. The smallest absolute Gasteiger partial charge is 0.142 e. The summed E-state index contributed by atoms with van der Waals surface area (Å²) in [6.07, 6.45) is 6.05. The van der Waals surface area contributed by atoms with Gasteiger partial charge in [-0.3, -0.25) is 0 Å². The van der Waals surface area contributed by atoms with Gasteiger partial charge in [-0.15, -0.1) is 0 Å². The van der Waals surface area contributed by atoms with Crippen molar-refractivity contribution in [3.8, 4) is 0 Å². The van der Waals surface area contributed by atoms with Gasteiger partial charge in [0.1, 0.15) is 6.10 Å². The second-order valence-electron chi connectivity index (χ2n) is 3.23. The van der Waals surface area contributed by atoms with E-state index in [1.54, 1.807) is 0 Å². The fraction of sp³-hybridized carbons (Fsp3) is 0.625. The summed E-state index contributed by atoms with van der Waals surface area (Å²) in [6, 6.07) is 0. The highest BCUT2D eigenvalue weighted by Crippen LogP contribution is 2.17. The Morgan fingerprint density at radius 3 is 2.90 bits per heavy atom. The summed E-state index contributed by atoms with van der Waals surface area (Å²) in [6.45, 7) is 6.15. The lowest BCUT2D eigenvalue weighted by Crippen LogP contribution is -2.07. The number of hydrogen-bond donors (Lipinski definition) is 0. The van der Waals surface area contributed by atoms with Crippen molar-refractivity contribution in [1.29, 1.82) is 0 Å². The fourth-order valence-electron chi connectivity index (χ4n) is 0.724. The molecule has 2 heteroatoms. The first-order valence-electron chi connectivity index (χ1n) is 3.50. The molecule has 0 aromatic rings. The highest BCUT2D eigenvalue weighted by atomic mass is 16.6. The topological polar surface area (TPSA) is 21.6 Å². The molecule has 56 valence electrons. The van der Waals surface area contributed by atoms with Gasteiger partial charge < -0.3 is 4.84 Å². The fourth-order valence-corrected chi connectivity index (χ4v) is 0.724. The molecule has 2 nitrogen and oxygen atoms in total. The van der Waals surface area contributed by atoms with Gasteiger partial charge in [0.05, 0.1) is 6.21 Å². The van der Waals surface area contributed by atoms with Gasteiger partial charge in [0.15, 0.2) is 0 Å². The maximum absolute atomic E-state index is 5.02. The SMILES string of the molecule is CC1C=CC(C)(C)C=NO1. The van der Waals surface area contributed by atoms with Crippen molar-refractivity contribution < 1.29 is 4.84 Å². The van der Waals surface area contributed by atoms with Crippen LogP contribution < -0.4 is 0 Å². The number of oxime groups is 1. The molecule has 0 fully saturated rings. The van der Waals surface area contributed by atoms with Crippen LogP contribution in [0.5, 0.6) is 0 Å². The molecule has 1 aliphatic rings. The molecule has 0 saturated heterocycles. The van der Waals surface area contributed by atoms with Crippen LogP contribution in [0.25, 0.3) is 0 Å². The number of rotatable bonds is 0. The Hall–Kier alpha value is -0.790. The first-order valence-corrected chi connectivity index (χ1v) is 3.50. The van der Waals surface area contributed by atoms with Gasteiger partial charge in [-0.25, -0.2) is 0 Å². The highest BCUT2D eigenvalue weighted by molar-refractivity contribution is 5.67. The third kappa shape index (κ3) is 1.87. The Morgan fingerprint density at radius 2 is 2.20 bits per heavy atom. The molecule has 0 radical (unpaired) electrons. The van der Waals surface area contributed by atoms with Gasteiger partial charge in [0.25, 0.3) is 0 Å². The Bertz CT molecular complexity index is 170. The molecule has 1 rings (SSSR count). The summed E-state index contributed by atoms with van der Waals surface area (Å²) in [5.41, 5.74) is 0.0464. The average molecular weight is 139 g/mol. The molecule has 0 spiro atoms. The van der Waals surface area contributed by atoms with Crippen LogP contribution in [0.3, 0.4) is 0 Å². The van der Waals surface area contributed by atoms with Crippen LogP contribution in [0, 0.1) is 5.41 Å². The molecule has 0 aliphatic carbocycles. The summed E-state index contributed by atoms with van der Waals surface area (Å²) >= 11 is 0. The predicted molar refractivity (Wildman–Crippen MR) is 42.0 cm³/mol. The van der Waals surface area contributed by atoms with E-state index in [0.29, 0.717) is 0 Å². The molecule has 0 N–H and O–H groups in total. The first-order chi connectivity index (χ1) is 4.60. The van der Waals surface area contributed by atoms with Gasteiger partial charge in [-0.1, -0.05) is 25.1 Å². The number of hydrogen-bond acceptors (Lipinski definition) is 2. The highest BCUT2D eigenvalue weighted by Gasteiger charge is 2.13. The monoisotopic (exact) mass is 139 g/mol. The van der Waals surface area contributed by atoms with E-state index in [-0.39, 0.29) is 11.5 Å². The summed E-state index contributed by atoms with van der Waals surface area (Å²) in [4.78, 5) is 5.02. The van der Waals surface area contributed by atoms with Crippen molar-refractivity contribution in [3.63, 3.8) is 0 Å². The summed E-state index contributed by atoms with van der Waals surface area (Å²) in [5.74, 6) is 0. The molecule has 0 amide bonds. The van der Waals surface area contributed by atoms with Crippen LogP contribution in [0.1, 0.15) is 20.8 Å². The molecular weight excluding hydrogens is 126 g/mol. The molecule has 1 heterocycles. The molecule has 0 aromatic carbocycles. The van der Waals surface area contributed by atoms with Crippen LogP contribution in [0.4, 0.5) is 0 Å². The zero-order valence-electron chi connectivity index (χ0n) is 6.66. The van der Waals surface area contributed by atoms with E-state index in [9.17, 15) is 0 Å². The van der Waals surface area contributed by atoms with Gasteiger partial charge in [0.2, 0.25) is 0 Å². The molecular formula is C8H13NO. The maximum atomic E-state index is 5.02. The molecule has 0 bridgehead atoms. The Morgan fingerprint density at radius 1 is 1.50 bits per heavy atom. The molecule has 10 heavy (non-hydrogen) atoms. The Kier molecular flexibility index (Phi) is 1.79. The minimum atomic E-state index is 0.0464. The Labute approximate surface area is 61.6 Å². The van der Waals surface area contributed by atoms with Crippen molar-refractivity contribution in [1.82, 2.24) is 0 Å². The van der Waals surface area contributed by atoms with Gasteiger partial charge in [-0.05, 0) is 13.0 Å². The normalized spacial score (nSPS) is 29.3. The quantitative estimate of drug-likeness (QED) is 0.470. The van der Waals surface area contributed by atoms with E-state index < -0.39 is 0 Å². The van der Waals surface area contributed by atoms with E-state index in [2.05, 4.69) is 25.1 Å². The van der Waals surface area contributed by atoms with Crippen LogP contribution in [0.2, 0.25) is 0 Å². The van der Waals surface area contributed by atoms with Crippen LogP contribution in [0.15, 0.2) is 17.3 Å². The zero-order valence-corrected chi connectivity index (χ0v) is 6.66. The summed E-state index contributed by atoms with van der Waals surface area (Å²) < 4.78 is 0. The van der Waals surface area contributed by atoms with Crippen molar-refractivity contribution >= 4 is 6.21 Å². The molecule has 0 saturated carbocycles. The third-order valence-electron chi connectivity index (χ3n) is 1.41. The van der Waals surface area contributed by atoms with Crippen molar-refractivity contribution in [2.75, 3.05) is 0 Å². The number of nitrogens with zero attached hydrogens (tertiary/aromatic N) is 1. The molecule has 0 aromatic heterocycles. The van der Waals surface area contributed by atoms with Crippen molar-refractivity contribution in [3.05, 3.63) is 12.2 Å². The van der Waals surface area contributed by atoms with E-state index in [1.165, 1.54) is 0 Å². The van der Waals surface area contributed by atoms with Crippen LogP contribution in [-0.2, 0) is 4.84 Å². The van der Waals surface area contributed by atoms with E-state index in [4.69, 9.17) is 4.84 Å². The van der Waals surface area contributed by atoms with Gasteiger partial charge in [-0.2, -0.15) is 0 Å². The lowest BCUT2D eigenvalue weighted by molar-refractivity contribution is 0.108. The average Bonchev–Trinajstić information content (AvgIpc) is 1.94. The zero-order chi connectivity index (χ0) is 7.61. The minimum Gasteiger partial charge on any atom is -0.389 e. The molecule has 1 unspecified atom stereocenters. The second-order valence-corrected chi connectivity index (χ2v) is 3.23. The van der Waals surface area contributed by atoms with Crippen molar-refractivity contribution in [2.24, 2.45) is 10.6 Å². The Balaban J connectivity index is 2.74. The van der Waals surface area contributed by atoms with E-state index in [1.807, 2.05) is 19.2 Å². The lowest BCUT2D eigenvalue weighted by atomic mass is 9.95. The second kappa shape index (κ2) is 2.45. The largest absolute Gasteiger partial charge is 0.389 e. The van der Waals surface area contributed by atoms with Crippen LogP contribution in [-0.4, -0.2) is 12.3 Å². The maximum Gasteiger partial charge on any atom is 0.142 e. The summed E-state index contributed by atoms with van der Waals surface area (Å²) in [7, 11) is 0. The lowest BCUT2D eigenvalue weighted by Gasteiger charge is -2.09. The number of allylic oxidation sites excluding steroid dienone is 1. The van der Waals surface area contributed by atoms with Gasteiger partial charge >= 0.3 is 0 Å². The molecule has 1 atom stereocenters. The van der Waals surface area contributed by atoms with Gasteiger partial charge in [0, 0.05) is 5.41 Å². The van der Waals surface area contributed by atoms with E-state index in [0.717, 1.165) is 0 Å². The van der Waals surface area contributed by atoms with E-state index >= 15 is 0 Å². The standard InChI is InChI=1S/C8H13NO/c1-7-4-5-8(2,3)6-9-10-7/h4-7H,1-3H3. The molecule has 1 aliphatic heterocycles. The van der Waals surface area contributed by atoms with Crippen LogP contribution >= 0.6 is 0 Å². The third-order valence-corrected chi connectivity index (χ3v) is 1.41. The first kappa shape index (κ1) is 7.32. The summed E-state index contributed by atoms with van der Waals surface area (Å²) in [5, 5.41) is 3.82. The van der Waals surface area contributed by atoms with Crippen molar-refractivity contribution in [2.45, 2.75) is 26.9 Å².